The predicted molar refractivity (Wildman–Crippen MR) is 85.5 cm³/mol. The Morgan fingerprint density at radius 2 is 1.71 bits per heavy atom. The number of rotatable bonds is 8. The summed E-state index contributed by atoms with van der Waals surface area (Å²) in [6, 6.07) is 7.21. The van der Waals surface area contributed by atoms with Crippen LogP contribution in [0.2, 0.25) is 0 Å². The maximum absolute atomic E-state index is 12.0. The van der Waals surface area contributed by atoms with Crippen LogP contribution in [0.3, 0.4) is 0 Å². The van der Waals surface area contributed by atoms with E-state index < -0.39 is 20.0 Å². The fourth-order valence-corrected chi connectivity index (χ4v) is 3.49. The van der Waals surface area contributed by atoms with Gasteiger partial charge in [-0.3, -0.25) is 4.31 Å². The third-order valence-electron chi connectivity index (χ3n) is 3.06. The highest BCUT2D eigenvalue weighted by atomic mass is 32.2. The van der Waals surface area contributed by atoms with E-state index in [0.717, 1.165) is 11.8 Å². The molecule has 120 valence electrons. The van der Waals surface area contributed by atoms with E-state index in [9.17, 15) is 16.8 Å². The summed E-state index contributed by atoms with van der Waals surface area (Å²) in [7, 11) is -6.81. The molecule has 0 aliphatic carbocycles. The van der Waals surface area contributed by atoms with Crippen LogP contribution in [0, 0.1) is 0 Å². The molecule has 21 heavy (non-hydrogen) atoms. The van der Waals surface area contributed by atoms with Crippen LogP contribution in [-0.2, 0) is 26.5 Å². The van der Waals surface area contributed by atoms with Crippen molar-refractivity contribution in [2.24, 2.45) is 0 Å². The van der Waals surface area contributed by atoms with Crippen LogP contribution in [0.15, 0.2) is 24.3 Å². The maximum Gasteiger partial charge on any atom is 0.232 e. The molecule has 0 atom stereocenters. The summed E-state index contributed by atoms with van der Waals surface area (Å²) in [6.45, 7) is 3.58. The van der Waals surface area contributed by atoms with E-state index in [4.69, 9.17) is 0 Å². The number of sulfonamides is 2. The van der Waals surface area contributed by atoms with Crippen molar-refractivity contribution in [2.45, 2.75) is 20.3 Å². The number of aryl methyl sites for hydroxylation is 1. The summed E-state index contributed by atoms with van der Waals surface area (Å²) in [5, 5.41) is 0. The Hall–Kier alpha value is -1.12. The molecule has 1 aromatic rings. The van der Waals surface area contributed by atoms with E-state index in [2.05, 4.69) is 4.72 Å². The second-order valence-electron chi connectivity index (χ2n) is 4.62. The van der Waals surface area contributed by atoms with Crippen LogP contribution in [0.25, 0.3) is 0 Å². The molecule has 1 aromatic carbocycles. The maximum atomic E-state index is 12.0. The molecule has 0 heterocycles. The number of para-hydroxylation sites is 1. The monoisotopic (exact) mass is 334 g/mol. The van der Waals surface area contributed by atoms with E-state index in [-0.39, 0.29) is 18.8 Å². The molecular weight excluding hydrogens is 312 g/mol. The first-order valence-electron chi connectivity index (χ1n) is 6.74. The molecule has 0 bridgehead atoms. The first-order valence-corrected chi connectivity index (χ1v) is 10.2. The van der Waals surface area contributed by atoms with Gasteiger partial charge in [0.1, 0.15) is 0 Å². The average Bonchev–Trinajstić information content (AvgIpc) is 2.42. The van der Waals surface area contributed by atoms with E-state index in [0.29, 0.717) is 12.1 Å². The van der Waals surface area contributed by atoms with Gasteiger partial charge in [0.15, 0.2) is 0 Å². The van der Waals surface area contributed by atoms with Crippen molar-refractivity contribution in [2.75, 3.05) is 29.4 Å². The smallest absolute Gasteiger partial charge is 0.232 e. The standard InChI is InChI=1S/C13H22N2O4S2/c1-4-12-8-6-7-9-13(12)15(20(3,16)17)11-10-14-21(18,19)5-2/h6-9,14H,4-5,10-11H2,1-3H3. The minimum atomic E-state index is -3.48. The molecule has 0 fully saturated rings. The number of nitrogens with one attached hydrogen (secondary N) is 1. The third-order valence-corrected chi connectivity index (χ3v) is 5.64. The number of anilines is 1. The fourth-order valence-electron chi connectivity index (χ4n) is 1.92. The van der Waals surface area contributed by atoms with Crippen LogP contribution in [0.1, 0.15) is 19.4 Å². The zero-order chi connectivity index (χ0) is 16.1. The predicted octanol–water partition coefficient (Wildman–Crippen LogP) is 0.954. The van der Waals surface area contributed by atoms with Gasteiger partial charge in [-0.05, 0) is 25.0 Å². The van der Waals surface area contributed by atoms with Crippen molar-refractivity contribution in [3.63, 3.8) is 0 Å². The zero-order valence-corrected chi connectivity index (χ0v) is 14.2. The van der Waals surface area contributed by atoms with Crippen LogP contribution < -0.4 is 9.03 Å². The van der Waals surface area contributed by atoms with Crippen LogP contribution in [0.4, 0.5) is 5.69 Å². The zero-order valence-electron chi connectivity index (χ0n) is 12.5. The number of benzene rings is 1. The van der Waals surface area contributed by atoms with Gasteiger partial charge < -0.3 is 0 Å². The van der Waals surface area contributed by atoms with Crippen molar-refractivity contribution in [1.82, 2.24) is 4.72 Å². The second-order valence-corrected chi connectivity index (χ2v) is 8.62. The molecule has 1 N–H and O–H groups in total. The Kier molecular flexibility index (Phi) is 6.18. The minimum absolute atomic E-state index is 0.0303. The van der Waals surface area contributed by atoms with E-state index >= 15 is 0 Å². The molecule has 0 aliphatic heterocycles. The van der Waals surface area contributed by atoms with Crippen molar-refractivity contribution in [1.29, 1.82) is 0 Å². The van der Waals surface area contributed by atoms with Crippen molar-refractivity contribution in [3.05, 3.63) is 29.8 Å². The fraction of sp³-hybridized carbons (Fsp3) is 0.538. The SMILES string of the molecule is CCc1ccccc1N(CCNS(=O)(=O)CC)S(C)(=O)=O. The molecule has 0 aromatic heterocycles. The Bertz CT molecular complexity index is 669. The van der Waals surface area contributed by atoms with Gasteiger partial charge in [0.2, 0.25) is 20.0 Å². The Morgan fingerprint density at radius 1 is 1.10 bits per heavy atom. The molecule has 0 aliphatic rings. The molecule has 6 nitrogen and oxygen atoms in total. The Morgan fingerprint density at radius 3 is 2.24 bits per heavy atom. The lowest BCUT2D eigenvalue weighted by atomic mass is 10.1. The summed E-state index contributed by atoms with van der Waals surface area (Å²) < 4.78 is 50.4. The lowest BCUT2D eigenvalue weighted by molar-refractivity contribution is 0.579. The summed E-state index contributed by atoms with van der Waals surface area (Å²) in [5.41, 5.74) is 1.50. The second kappa shape index (κ2) is 7.24. The van der Waals surface area contributed by atoms with Crippen molar-refractivity contribution >= 4 is 25.7 Å². The normalized spacial score (nSPS) is 12.3. The molecule has 1 rings (SSSR count). The quantitative estimate of drug-likeness (QED) is 0.767. The van der Waals surface area contributed by atoms with Crippen LogP contribution in [0.5, 0.6) is 0 Å². The van der Waals surface area contributed by atoms with E-state index in [1.807, 2.05) is 19.1 Å². The van der Waals surface area contributed by atoms with Gasteiger partial charge in [-0.1, -0.05) is 25.1 Å². The molecule has 0 saturated carbocycles. The highest BCUT2D eigenvalue weighted by Gasteiger charge is 2.20. The first kappa shape index (κ1) is 17.9. The Balaban J connectivity index is 2.98. The number of hydrogen-bond acceptors (Lipinski definition) is 4. The van der Waals surface area contributed by atoms with Gasteiger partial charge in [-0.15, -0.1) is 0 Å². The highest BCUT2D eigenvalue weighted by molar-refractivity contribution is 7.92. The van der Waals surface area contributed by atoms with Gasteiger partial charge in [0.05, 0.1) is 17.7 Å². The third kappa shape index (κ3) is 5.29. The molecule has 0 spiro atoms. The van der Waals surface area contributed by atoms with Crippen molar-refractivity contribution < 1.29 is 16.8 Å². The molecule has 8 heteroatoms. The minimum Gasteiger partial charge on any atom is -0.269 e. The van der Waals surface area contributed by atoms with Gasteiger partial charge in [0.25, 0.3) is 0 Å². The van der Waals surface area contributed by atoms with E-state index in [1.54, 1.807) is 12.1 Å². The number of nitrogens with zero attached hydrogens (tertiary/aromatic N) is 1. The lowest BCUT2D eigenvalue weighted by Gasteiger charge is -2.24. The van der Waals surface area contributed by atoms with E-state index in [1.165, 1.54) is 11.2 Å². The summed E-state index contributed by atoms with van der Waals surface area (Å²) in [5.74, 6) is -0.0303. The average molecular weight is 334 g/mol. The summed E-state index contributed by atoms with van der Waals surface area (Å²) in [4.78, 5) is 0. The van der Waals surface area contributed by atoms with Crippen molar-refractivity contribution in [3.8, 4) is 0 Å². The van der Waals surface area contributed by atoms with Crippen LogP contribution in [-0.4, -0.2) is 41.9 Å². The van der Waals surface area contributed by atoms with Gasteiger partial charge in [0, 0.05) is 13.1 Å². The topological polar surface area (TPSA) is 83.6 Å². The highest BCUT2D eigenvalue weighted by Crippen LogP contribution is 2.22. The summed E-state index contributed by atoms with van der Waals surface area (Å²) in [6.07, 6.45) is 1.82. The largest absolute Gasteiger partial charge is 0.269 e. The van der Waals surface area contributed by atoms with Gasteiger partial charge in [-0.25, -0.2) is 21.6 Å². The Labute approximate surface area is 127 Å². The van der Waals surface area contributed by atoms with Gasteiger partial charge in [-0.2, -0.15) is 0 Å². The van der Waals surface area contributed by atoms with Gasteiger partial charge >= 0.3 is 0 Å². The molecular formula is C13H22N2O4S2. The molecule has 0 saturated heterocycles. The molecule has 0 amide bonds. The lowest BCUT2D eigenvalue weighted by Crippen LogP contribution is -2.39. The molecule has 0 unspecified atom stereocenters. The molecule has 0 radical (unpaired) electrons. The summed E-state index contributed by atoms with van der Waals surface area (Å²) >= 11 is 0. The first-order chi connectivity index (χ1) is 9.71. The number of hydrogen-bond donors (Lipinski definition) is 1. The van der Waals surface area contributed by atoms with Crippen LogP contribution >= 0.6 is 0 Å².